The minimum atomic E-state index is -0.0164. The fourth-order valence-electron chi connectivity index (χ4n) is 1.16. The van der Waals surface area contributed by atoms with Crippen LogP contribution in [0.15, 0.2) is 4.99 Å². The van der Waals surface area contributed by atoms with Gasteiger partial charge in [-0.1, -0.05) is 34.9 Å². The molecule has 8 heteroatoms. The maximum absolute atomic E-state index is 11.6. The number of hydrogen-bond donors (Lipinski definition) is 1. The number of rotatable bonds is 4. The third kappa shape index (κ3) is 4.29. The predicted molar refractivity (Wildman–Crippen MR) is 75.1 cm³/mol. The van der Waals surface area contributed by atoms with E-state index in [9.17, 15) is 4.79 Å². The second-order valence-corrected chi connectivity index (χ2v) is 6.88. The molecule has 5 nitrogen and oxygen atoms in total. The van der Waals surface area contributed by atoms with Gasteiger partial charge in [0.2, 0.25) is 11.0 Å². The van der Waals surface area contributed by atoms with E-state index in [-0.39, 0.29) is 5.91 Å². The Morgan fingerprint density at radius 1 is 1.53 bits per heavy atom. The highest BCUT2D eigenvalue weighted by Crippen LogP contribution is 2.22. The Hall–Kier alpha value is -0.600. The lowest BCUT2D eigenvalue weighted by Gasteiger charge is -2.00. The highest BCUT2D eigenvalue weighted by molar-refractivity contribution is 8.39. The van der Waals surface area contributed by atoms with Crippen LogP contribution in [-0.4, -0.2) is 38.5 Å². The number of aromatic nitrogens is 2. The van der Waals surface area contributed by atoms with Crippen molar-refractivity contribution in [2.45, 2.75) is 13.3 Å². The van der Waals surface area contributed by atoms with E-state index in [1.165, 1.54) is 11.3 Å². The van der Waals surface area contributed by atoms with Crippen LogP contribution in [0.3, 0.4) is 0 Å². The second kappa shape index (κ2) is 6.36. The molecular weight excluding hydrogens is 276 g/mol. The highest BCUT2D eigenvalue weighted by Gasteiger charge is 2.10. The number of nitrogens with one attached hydrogen (secondary N) is 1. The van der Waals surface area contributed by atoms with Crippen LogP contribution in [0.5, 0.6) is 0 Å². The molecule has 1 aromatic rings. The quantitative estimate of drug-likeness (QED) is 0.918. The molecule has 1 aromatic heterocycles. The van der Waals surface area contributed by atoms with Gasteiger partial charge < -0.3 is 5.32 Å². The van der Waals surface area contributed by atoms with E-state index in [1.54, 1.807) is 23.5 Å². The molecule has 1 aliphatic heterocycles. The Kier molecular flexibility index (Phi) is 4.81. The Balaban J connectivity index is 1.67. The van der Waals surface area contributed by atoms with Crippen LogP contribution in [0.25, 0.3) is 0 Å². The molecule has 0 saturated heterocycles. The minimum absolute atomic E-state index is 0.0164. The maximum Gasteiger partial charge on any atom is 0.227 e. The number of thioether (sulfide) groups is 2. The van der Waals surface area contributed by atoms with Crippen molar-refractivity contribution in [1.82, 2.24) is 10.2 Å². The zero-order valence-corrected chi connectivity index (χ0v) is 11.8. The number of carbonyl (C=O) groups is 1. The SMILES string of the molecule is Cc1nnc(NC(=O)CCSC2=NCCS2)s1. The standard InChI is InChI=1S/C9H12N4OS3/c1-6-12-13-8(17-6)11-7(14)2-4-15-9-10-3-5-16-9/h2-5H2,1H3,(H,11,13,14). The average Bonchev–Trinajstić information content (AvgIpc) is 2.90. The molecule has 0 atom stereocenters. The molecule has 1 aliphatic rings. The molecule has 17 heavy (non-hydrogen) atoms. The lowest BCUT2D eigenvalue weighted by molar-refractivity contribution is -0.115. The number of carbonyl (C=O) groups excluding carboxylic acids is 1. The third-order valence-electron chi connectivity index (χ3n) is 1.88. The smallest absolute Gasteiger partial charge is 0.227 e. The van der Waals surface area contributed by atoms with Gasteiger partial charge in [0.05, 0.1) is 6.54 Å². The van der Waals surface area contributed by atoms with E-state index in [0.717, 1.165) is 27.4 Å². The van der Waals surface area contributed by atoms with Crippen LogP contribution in [0.2, 0.25) is 0 Å². The van der Waals surface area contributed by atoms with Crippen molar-refractivity contribution in [2.24, 2.45) is 4.99 Å². The molecule has 0 spiro atoms. The van der Waals surface area contributed by atoms with Crippen molar-refractivity contribution in [3.05, 3.63) is 5.01 Å². The lowest BCUT2D eigenvalue weighted by Crippen LogP contribution is -2.12. The summed E-state index contributed by atoms with van der Waals surface area (Å²) >= 11 is 4.80. The fourth-order valence-corrected chi connectivity index (χ4v) is 3.79. The summed E-state index contributed by atoms with van der Waals surface area (Å²) in [6, 6.07) is 0. The van der Waals surface area contributed by atoms with Crippen molar-refractivity contribution in [1.29, 1.82) is 0 Å². The molecule has 92 valence electrons. The van der Waals surface area contributed by atoms with Crippen molar-refractivity contribution >= 4 is 50.3 Å². The molecule has 0 fully saturated rings. The monoisotopic (exact) mass is 288 g/mol. The lowest BCUT2D eigenvalue weighted by atomic mass is 10.5. The van der Waals surface area contributed by atoms with Gasteiger partial charge >= 0.3 is 0 Å². The zero-order chi connectivity index (χ0) is 12.1. The largest absolute Gasteiger partial charge is 0.301 e. The van der Waals surface area contributed by atoms with E-state index in [0.29, 0.717) is 11.6 Å². The minimum Gasteiger partial charge on any atom is -0.301 e. The number of anilines is 1. The summed E-state index contributed by atoms with van der Waals surface area (Å²) in [6.45, 7) is 2.77. The first-order chi connectivity index (χ1) is 8.24. The van der Waals surface area contributed by atoms with Gasteiger partial charge in [-0.05, 0) is 6.92 Å². The second-order valence-electron chi connectivity index (χ2n) is 3.27. The van der Waals surface area contributed by atoms with Gasteiger partial charge in [-0.25, -0.2) is 0 Å². The molecule has 2 heterocycles. The van der Waals surface area contributed by atoms with Crippen molar-refractivity contribution < 1.29 is 4.79 Å². The Bertz CT molecular complexity index is 432. The van der Waals surface area contributed by atoms with Crippen LogP contribution >= 0.6 is 34.9 Å². The summed E-state index contributed by atoms with van der Waals surface area (Å²) in [5.41, 5.74) is 0. The maximum atomic E-state index is 11.6. The highest BCUT2D eigenvalue weighted by atomic mass is 32.2. The summed E-state index contributed by atoms with van der Waals surface area (Å²) in [5, 5.41) is 11.8. The van der Waals surface area contributed by atoms with Crippen LogP contribution in [0, 0.1) is 6.92 Å². The first-order valence-corrected chi connectivity index (χ1v) is 7.93. The topological polar surface area (TPSA) is 67.2 Å². The van der Waals surface area contributed by atoms with Gasteiger partial charge in [-0.3, -0.25) is 9.79 Å². The van der Waals surface area contributed by atoms with E-state index >= 15 is 0 Å². The Morgan fingerprint density at radius 2 is 2.41 bits per heavy atom. The third-order valence-corrected chi connectivity index (χ3v) is 4.89. The van der Waals surface area contributed by atoms with Crippen molar-refractivity contribution in [2.75, 3.05) is 23.4 Å². The number of hydrogen-bond acceptors (Lipinski definition) is 7. The van der Waals surface area contributed by atoms with Crippen LogP contribution in [-0.2, 0) is 4.79 Å². The Morgan fingerprint density at radius 3 is 3.06 bits per heavy atom. The van der Waals surface area contributed by atoms with Gasteiger partial charge in [0.1, 0.15) is 9.38 Å². The number of nitrogens with zero attached hydrogens (tertiary/aromatic N) is 3. The van der Waals surface area contributed by atoms with Gasteiger partial charge in [0, 0.05) is 17.9 Å². The van der Waals surface area contributed by atoms with E-state index in [1.807, 2.05) is 6.92 Å². The van der Waals surface area contributed by atoms with Gasteiger partial charge in [0.15, 0.2) is 0 Å². The normalized spacial score (nSPS) is 14.8. The first kappa shape index (κ1) is 12.8. The van der Waals surface area contributed by atoms with Crippen LogP contribution in [0.4, 0.5) is 5.13 Å². The molecule has 2 rings (SSSR count). The van der Waals surface area contributed by atoms with Gasteiger partial charge in [0.25, 0.3) is 0 Å². The van der Waals surface area contributed by atoms with Gasteiger partial charge in [-0.15, -0.1) is 10.2 Å². The fraction of sp³-hybridized carbons (Fsp3) is 0.556. The van der Waals surface area contributed by atoms with E-state index in [2.05, 4.69) is 20.5 Å². The molecule has 0 unspecified atom stereocenters. The number of aryl methyl sites for hydroxylation is 1. The summed E-state index contributed by atoms with van der Waals surface area (Å²) in [4.78, 5) is 15.9. The summed E-state index contributed by atoms with van der Waals surface area (Å²) in [6.07, 6.45) is 0.475. The number of amides is 1. The molecule has 1 N–H and O–H groups in total. The van der Waals surface area contributed by atoms with Gasteiger partial charge in [-0.2, -0.15) is 0 Å². The summed E-state index contributed by atoms with van der Waals surface area (Å²) in [5.74, 6) is 1.81. The summed E-state index contributed by atoms with van der Waals surface area (Å²) in [7, 11) is 0. The molecule has 0 bridgehead atoms. The molecule has 0 aromatic carbocycles. The molecular formula is C9H12N4OS3. The Labute approximate surface area is 112 Å². The molecule has 0 radical (unpaired) electrons. The molecule has 0 aliphatic carbocycles. The van der Waals surface area contributed by atoms with Crippen molar-refractivity contribution in [3.8, 4) is 0 Å². The number of aliphatic imine (C=N–C) groups is 1. The molecule has 1 amide bonds. The van der Waals surface area contributed by atoms with E-state index in [4.69, 9.17) is 0 Å². The van der Waals surface area contributed by atoms with E-state index < -0.39 is 0 Å². The summed E-state index contributed by atoms with van der Waals surface area (Å²) < 4.78 is 1.10. The zero-order valence-electron chi connectivity index (χ0n) is 9.30. The van der Waals surface area contributed by atoms with Crippen LogP contribution < -0.4 is 5.32 Å². The average molecular weight is 288 g/mol. The predicted octanol–water partition coefficient (Wildman–Crippen LogP) is 2.01. The van der Waals surface area contributed by atoms with Crippen LogP contribution in [0.1, 0.15) is 11.4 Å². The molecule has 0 saturated carbocycles. The first-order valence-electron chi connectivity index (χ1n) is 5.14. The van der Waals surface area contributed by atoms with Crippen molar-refractivity contribution in [3.63, 3.8) is 0 Å².